The lowest BCUT2D eigenvalue weighted by Gasteiger charge is -2.21. The molecule has 0 bridgehead atoms. The maximum Gasteiger partial charge on any atom is 0.175 e. The first kappa shape index (κ1) is 12.6. The van der Waals surface area contributed by atoms with Gasteiger partial charge in [-0.3, -0.25) is 0 Å². The maximum absolute atomic E-state index is 11.9. The summed E-state index contributed by atoms with van der Waals surface area (Å²) in [6, 6.07) is 5.43. The smallest absolute Gasteiger partial charge is 0.175 e. The summed E-state index contributed by atoms with van der Waals surface area (Å²) < 4.78 is 16.1. The van der Waals surface area contributed by atoms with Crippen molar-refractivity contribution in [1.29, 1.82) is 0 Å². The minimum atomic E-state index is -1.31. The lowest BCUT2D eigenvalue weighted by Crippen LogP contribution is -2.30. The van der Waals surface area contributed by atoms with Crippen LogP contribution >= 0.6 is 11.6 Å². The summed E-state index contributed by atoms with van der Waals surface area (Å²) in [6.45, 7) is 5.13. The van der Waals surface area contributed by atoms with Crippen LogP contribution in [0.1, 0.15) is 19.4 Å². The van der Waals surface area contributed by atoms with Gasteiger partial charge in [0.2, 0.25) is 0 Å². The zero-order chi connectivity index (χ0) is 12.6. The van der Waals surface area contributed by atoms with Crippen LogP contribution in [0.3, 0.4) is 0 Å². The Bertz CT molecular complexity index is 499. The minimum Gasteiger partial charge on any atom is -0.358 e. The molecule has 0 aromatic heterocycles. The third-order valence-electron chi connectivity index (χ3n) is 2.56. The summed E-state index contributed by atoms with van der Waals surface area (Å²) in [5.41, 5.74) is 0.815. The molecule has 1 aliphatic heterocycles. The SMILES string of the molecule is CC(C)CN(C)C1=NS(=O)c2cccc(Cl)c21. The summed E-state index contributed by atoms with van der Waals surface area (Å²) in [4.78, 5) is 2.73. The van der Waals surface area contributed by atoms with Crippen molar-refractivity contribution in [2.75, 3.05) is 13.6 Å². The van der Waals surface area contributed by atoms with Crippen molar-refractivity contribution in [2.45, 2.75) is 18.7 Å². The Kier molecular flexibility index (Phi) is 3.54. The molecule has 0 aliphatic carbocycles. The molecule has 1 aromatic rings. The molecule has 5 heteroatoms. The largest absolute Gasteiger partial charge is 0.358 e. The van der Waals surface area contributed by atoms with Gasteiger partial charge >= 0.3 is 0 Å². The lowest BCUT2D eigenvalue weighted by molar-refractivity contribution is 0.426. The zero-order valence-electron chi connectivity index (χ0n) is 10.1. The summed E-state index contributed by atoms with van der Waals surface area (Å²) in [5, 5.41) is 0.614. The fourth-order valence-corrected chi connectivity index (χ4v) is 3.31. The molecule has 0 N–H and O–H groups in total. The van der Waals surface area contributed by atoms with E-state index in [1.807, 2.05) is 24.1 Å². The van der Waals surface area contributed by atoms with Gasteiger partial charge in [0.05, 0.1) is 15.5 Å². The van der Waals surface area contributed by atoms with Crippen LogP contribution in [0.4, 0.5) is 0 Å². The third kappa shape index (κ3) is 2.38. The molecule has 1 aliphatic rings. The molecule has 0 saturated heterocycles. The molecule has 1 atom stereocenters. The predicted molar refractivity (Wildman–Crippen MR) is 71.9 cm³/mol. The highest BCUT2D eigenvalue weighted by molar-refractivity contribution is 7.84. The molecule has 92 valence electrons. The minimum absolute atomic E-state index is 0.516. The summed E-state index contributed by atoms with van der Waals surface area (Å²) in [7, 11) is 0.641. The maximum atomic E-state index is 11.9. The Morgan fingerprint density at radius 2 is 2.18 bits per heavy atom. The third-order valence-corrected chi connectivity index (χ3v) is 3.93. The van der Waals surface area contributed by atoms with E-state index in [0.717, 1.165) is 17.9 Å². The molecule has 0 amide bonds. The first-order valence-corrected chi connectivity index (χ1v) is 6.99. The van der Waals surface area contributed by atoms with Crippen LogP contribution in [0, 0.1) is 5.92 Å². The average molecular weight is 271 g/mol. The number of hydrogen-bond donors (Lipinski definition) is 0. The van der Waals surface area contributed by atoms with Gasteiger partial charge < -0.3 is 4.90 Å². The first-order chi connectivity index (χ1) is 8.00. The standard InChI is InChI=1S/C12H15ClN2OS/c1-8(2)7-15(3)12-11-9(13)5-4-6-10(11)17(16)14-12/h4-6,8H,7H2,1-3H3. The Balaban J connectivity index is 2.40. The van der Waals surface area contributed by atoms with Gasteiger partial charge in [0.25, 0.3) is 0 Å². The highest BCUT2D eigenvalue weighted by Gasteiger charge is 2.27. The molecule has 17 heavy (non-hydrogen) atoms. The van der Waals surface area contributed by atoms with Gasteiger partial charge in [0.15, 0.2) is 11.0 Å². The predicted octanol–water partition coefficient (Wildman–Crippen LogP) is 2.71. The topological polar surface area (TPSA) is 32.7 Å². The Hall–Kier alpha value is -0.870. The number of hydrogen-bond acceptors (Lipinski definition) is 2. The van der Waals surface area contributed by atoms with Crippen LogP contribution in [0.15, 0.2) is 27.5 Å². The summed E-state index contributed by atoms with van der Waals surface area (Å²) in [5.74, 6) is 1.25. The molecule has 0 fully saturated rings. The second-order valence-electron chi connectivity index (χ2n) is 4.55. The van der Waals surface area contributed by atoms with Crippen LogP contribution in [-0.4, -0.2) is 28.5 Å². The number of amidine groups is 1. The number of fused-ring (bicyclic) bond motifs is 1. The number of rotatable bonds is 2. The van der Waals surface area contributed by atoms with E-state index in [0.29, 0.717) is 15.8 Å². The average Bonchev–Trinajstić information content (AvgIpc) is 2.57. The molecule has 1 unspecified atom stereocenters. The van der Waals surface area contributed by atoms with Gasteiger partial charge in [0, 0.05) is 13.6 Å². The molecular weight excluding hydrogens is 256 g/mol. The quantitative estimate of drug-likeness (QED) is 0.828. The molecule has 3 nitrogen and oxygen atoms in total. The second kappa shape index (κ2) is 4.78. The fourth-order valence-electron chi connectivity index (χ4n) is 1.93. The van der Waals surface area contributed by atoms with Crippen molar-refractivity contribution in [1.82, 2.24) is 4.90 Å². The van der Waals surface area contributed by atoms with Gasteiger partial charge in [-0.15, -0.1) is 0 Å². The van der Waals surface area contributed by atoms with Crippen LogP contribution in [0.2, 0.25) is 5.02 Å². The Morgan fingerprint density at radius 1 is 1.47 bits per heavy atom. The van der Waals surface area contributed by atoms with Gasteiger partial charge in [-0.1, -0.05) is 31.5 Å². The van der Waals surface area contributed by atoms with Gasteiger partial charge in [-0.05, 0) is 18.1 Å². The zero-order valence-corrected chi connectivity index (χ0v) is 11.7. The van der Waals surface area contributed by atoms with E-state index in [-0.39, 0.29) is 0 Å². The second-order valence-corrected chi connectivity index (χ2v) is 6.08. The Morgan fingerprint density at radius 3 is 2.82 bits per heavy atom. The Labute approximate surface area is 109 Å². The normalized spacial score (nSPS) is 18.2. The molecule has 1 heterocycles. The lowest BCUT2D eigenvalue weighted by atomic mass is 10.1. The molecule has 0 saturated carbocycles. The molecule has 0 spiro atoms. The van der Waals surface area contributed by atoms with E-state index >= 15 is 0 Å². The number of benzene rings is 1. The summed E-state index contributed by atoms with van der Waals surface area (Å²) in [6.07, 6.45) is 0. The van der Waals surface area contributed by atoms with Crippen molar-refractivity contribution < 1.29 is 4.21 Å². The van der Waals surface area contributed by atoms with Crippen LogP contribution in [0.25, 0.3) is 0 Å². The van der Waals surface area contributed by atoms with E-state index in [1.54, 1.807) is 6.07 Å². The molecule has 1 aromatic carbocycles. The van der Waals surface area contributed by atoms with Crippen molar-refractivity contribution in [2.24, 2.45) is 10.3 Å². The first-order valence-electron chi connectivity index (χ1n) is 5.51. The van der Waals surface area contributed by atoms with E-state index < -0.39 is 11.0 Å². The van der Waals surface area contributed by atoms with Crippen molar-refractivity contribution in [3.05, 3.63) is 28.8 Å². The molecule has 2 rings (SSSR count). The van der Waals surface area contributed by atoms with Gasteiger partial charge in [-0.2, -0.15) is 4.40 Å². The highest BCUT2D eigenvalue weighted by Crippen LogP contribution is 2.30. The van der Waals surface area contributed by atoms with E-state index in [9.17, 15) is 4.21 Å². The number of halogens is 1. The molecule has 0 radical (unpaired) electrons. The van der Waals surface area contributed by atoms with E-state index in [4.69, 9.17) is 11.6 Å². The van der Waals surface area contributed by atoms with Crippen molar-refractivity contribution >= 4 is 28.4 Å². The van der Waals surface area contributed by atoms with Gasteiger partial charge in [-0.25, -0.2) is 4.21 Å². The van der Waals surface area contributed by atoms with E-state index in [1.165, 1.54) is 0 Å². The highest BCUT2D eigenvalue weighted by atomic mass is 35.5. The van der Waals surface area contributed by atoms with Crippen LogP contribution < -0.4 is 0 Å². The van der Waals surface area contributed by atoms with Crippen LogP contribution in [0.5, 0.6) is 0 Å². The van der Waals surface area contributed by atoms with Crippen LogP contribution in [-0.2, 0) is 11.0 Å². The van der Waals surface area contributed by atoms with E-state index in [2.05, 4.69) is 18.2 Å². The van der Waals surface area contributed by atoms with Crippen molar-refractivity contribution in [3.8, 4) is 0 Å². The van der Waals surface area contributed by atoms with Crippen molar-refractivity contribution in [3.63, 3.8) is 0 Å². The van der Waals surface area contributed by atoms with Gasteiger partial charge in [0.1, 0.15) is 5.84 Å². The number of nitrogens with zero attached hydrogens (tertiary/aromatic N) is 2. The fraction of sp³-hybridized carbons (Fsp3) is 0.417. The monoisotopic (exact) mass is 270 g/mol. The summed E-state index contributed by atoms with van der Waals surface area (Å²) >= 11 is 6.17. The molecular formula is C12H15ClN2OS.